The van der Waals surface area contributed by atoms with Gasteiger partial charge in [0.1, 0.15) is 5.75 Å². The number of carbonyl (C=O) groups excluding carboxylic acids is 3. The van der Waals surface area contributed by atoms with Gasteiger partial charge in [-0.25, -0.2) is 0 Å². The Morgan fingerprint density at radius 2 is 1.52 bits per heavy atom. The summed E-state index contributed by atoms with van der Waals surface area (Å²) < 4.78 is 0. The third-order valence-corrected chi connectivity index (χ3v) is 4.48. The second-order valence-electron chi connectivity index (χ2n) is 6.16. The summed E-state index contributed by atoms with van der Waals surface area (Å²) in [5.74, 6) is -1.60. The van der Waals surface area contributed by atoms with Crippen LogP contribution in [0.2, 0.25) is 0 Å². The number of aromatic hydroxyl groups is 1. The minimum Gasteiger partial charge on any atom is -0.507 e. The number of phenolic OH excluding ortho intramolecular Hbond substituents is 1. The van der Waals surface area contributed by atoms with Gasteiger partial charge in [-0.1, -0.05) is 30.3 Å². The largest absolute Gasteiger partial charge is 0.507 e. The highest BCUT2D eigenvalue weighted by Gasteiger charge is 2.33. The standard InChI is InChI=1S/C21H14N2O4/c22-21(27)11-4-3-5-12(10-11)23-15-8-9-16(24)18-17(15)19(25)13-6-1-2-7-14(13)20(18)26/h1-10,23-24H,(H2,22,27). The summed E-state index contributed by atoms with van der Waals surface area (Å²) in [5.41, 5.74) is 7.11. The van der Waals surface area contributed by atoms with Crippen molar-refractivity contribution in [1.82, 2.24) is 0 Å². The molecule has 0 spiro atoms. The predicted octanol–water partition coefficient (Wildman–Crippen LogP) is 3.01. The number of nitrogens with one attached hydrogen (secondary N) is 1. The zero-order valence-electron chi connectivity index (χ0n) is 14.0. The molecule has 27 heavy (non-hydrogen) atoms. The number of anilines is 2. The number of phenols is 1. The molecular weight excluding hydrogens is 344 g/mol. The van der Waals surface area contributed by atoms with Crippen LogP contribution in [0, 0.1) is 0 Å². The molecule has 3 aromatic rings. The Bertz CT molecular complexity index is 1130. The molecule has 132 valence electrons. The van der Waals surface area contributed by atoms with Crippen molar-refractivity contribution < 1.29 is 19.5 Å². The lowest BCUT2D eigenvalue weighted by atomic mass is 9.82. The highest BCUT2D eigenvalue weighted by atomic mass is 16.3. The van der Waals surface area contributed by atoms with E-state index in [9.17, 15) is 19.5 Å². The van der Waals surface area contributed by atoms with Crippen molar-refractivity contribution in [3.8, 4) is 5.75 Å². The summed E-state index contributed by atoms with van der Waals surface area (Å²) in [5, 5.41) is 13.3. The lowest BCUT2D eigenvalue weighted by Crippen LogP contribution is -2.22. The number of benzene rings is 3. The number of ketones is 2. The second-order valence-corrected chi connectivity index (χ2v) is 6.16. The highest BCUT2D eigenvalue weighted by Crippen LogP contribution is 2.37. The monoisotopic (exact) mass is 358 g/mol. The van der Waals surface area contributed by atoms with E-state index in [1.165, 1.54) is 12.1 Å². The van der Waals surface area contributed by atoms with Crippen molar-refractivity contribution in [2.24, 2.45) is 5.73 Å². The quantitative estimate of drug-likeness (QED) is 0.488. The van der Waals surface area contributed by atoms with E-state index in [0.717, 1.165) is 0 Å². The van der Waals surface area contributed by atoms with Crippen LogP contribution in [0.5, 0.6) is 5.75 Å². The van der Waals surface area contributed by atoms with Gasteiger partial charge in [0.2, 0.25) is 5.91 Å². The SMILES string of the molecule is NC(=O)c1cccc(Nc2ccc(O)c3c2C(=O)c2ccccc2C3=O)c1. The van der Waals surface area contributed by atoms with Crippen molar-refractivity contribution in [3.63, 3.8) is 0 Å². The molecule has 1 aliphatic rings. The van der Waals surface area contributed by atoms with Crippen molar-refractivity contribution in [3.05, 3.63) is 88.5 Å². The fraction of sp³-hybridized carbons (Fsp3) is 0. The van der Waals surface area contributed by atoms with Gasteiger partial charge in [0.25, 0.3) is 0 Å². The number of rotatable bonds is 3. The van der Waals surface area contributed by atoms with Crippen molar-refractivity contribution in [1.29, 1.82) is 0 Å². The number of fused-ring (bicyclic) bond motifs is 2. The second kappa shape index (κ2) is 6.10. The zero-order valence-corrected chi connectivity index (χ0v) is 14.0. The minimum absolute atomic E-state index is 0.0326. The predicted molar refractivity (Wildman–Crippen MR) is 99.7 cm³/mol. The number of nitrogens with two attached hydrogens (primary N) is 1. The fourth-order valence-corrected chi connectivity index (χ4v) is 3.22. The van der Waals surface area contributed by atoms with Crippen LogP contribution >= 0.6 is 0 Å². The molecule has 3 aromatic carbocycles. The highest BCUT2D eigenvalue weighted by molar-refractivity contribution is 6.31. The van der Waals surface area contributed by atoms with E-state index in [1.807, 2.05) is 0 Å². The maximum absolute atomic E-state index is 13.0. The summed E-state index contributed by atoms with van der Waals surface area (Å²) in [7, 11) is 0. The molecule has 4 N–H and O–H groups in total. The fourth-order valence-electron chi connectivity index (χ4n) is 3.22. The van der Waals surface area contributed by atoms with Gasteiger partial charge in [-0.15, -0.1) is 0 Å². The van der Waals surface area contributed by atoms with Crippen LogP contribution in [0.15, 0.2) is 60.7 Å². The molecule has 0 bridgehead atoms. The Kier molecular flexibility index (Phi) is 3.74. The molecule has 0 heterocycles. The molecule has 0 radical (unpaired) electrons. The smallest absolute Gasteiger partial charge is 0.248 e. The Balaban J connectivity index is 1.86. The maximum Gasteiger partial charge on any atom is 0.248 e. The van der Waals surface area contributed by atoms with E-state index in [4.69, 9.17) is 5.73 Å². The first kappa shape index (κ1) is 16.5. The molecule has 0 saturated heterocycles. The van der Waals surface area contributed by atoms with E-state index in [2.05, 4.69) is 5.32 Å². The molecule has 0 fully saturated rings. The molecule has 6 heteroatoms. The molecular formula is C21H14N2O4. The molecule has 0 unspecified atom stereocenters. The normalized spacial score (nSPS) is 12.3. The Hall–Kier alpha value is -3.93. The topological polar surface area (TPSA) is 109 Å². The van der Waals surface area contributed by atoms with Gasteiger partial charge >= 0.3 is 0 Å². The third kappa shape index (κ3) is 2.64. The van der Waals surface area contributed by atoms with Crippen LogP contribution in [0.25, 0.3) is 0 Å². The van der Waals surface area contributed by atoms with Crippen LogP contribution in [-0.4, -0.2) is 22.6 Å². The molecule has 1 amide bonds. The molecule has 0 aromatic heterocycles. The first-order valence-electron chi connectivity index (χ1n) is 8.18. The van der Waals surface area contributed by atoms with E-state index in [1.54, 1.807) is 48.5 Å². The Labute approximate surface area is 154 Å². The molecule has 0 saturated carbocycles. The molecule has 0 aliphatic heterocycles. The van der Waals surface area contributed by atoms with E-state index >= 15 is 0 Å². The van der Waals surface area contributed by atoms with Crippen molar-refractivity contribution in [2.75, 3.05) is 5.32 Å². The van der Waals surface area contributed by atoms with Gasteiger partial charge in [-0.3, -0.25) is 14.4 Å². The lowest BCUT2D eigenvalue weighted by Gasteiger charge is -2.21. The summed E-state index contributed by atoms with van der Waals surface area (Å²) >= 11 is 0. The number of amides is 1. The van der Waals surface area contributed by atoms with Gasteiger partial charge in [-0.05, 0) is 30.3 Å². The first-order valence-corrected chi connectivity index (χ1v) is 8.18. The number of hydrogen-bond donors (Lipinski definition) is 3. The van der Waals surface area contributed by atoms with Crippen LogP contribution in [0.1, 0.15) is 42.2 Å². The van der Waals surface area contributed by atoms with E-state index < -0.39 is 11.7 Å². The van der Waals surface area contributed by atoms with E-state index in [-0.39, 0.29) is 33.8 Å². The number of carbonyl (C=O) groups is 3. The van der Waals surface area contributed by atoms with Crippen LogP contribution in [-0.2, 0) is 0 Å². The molecule has 1 aliphatic carbocycles. The lowest BCUT2D eigenvalue weighted by molar-refractivity contribution is 0.0977. The van der Waals surface area contributed by atoms with Gasteiger partial charge in [0, 0.05) is 22.4 Å². The van der Waals surface area contributed by atoms with Crippen molar-refractivity contribution >= 4 is 28.8 Å². The van der Waals surface area contributed by atoms with Crippen LogP contribution < -0.4 is 11.1 Å². The Morgan fingerprint density at radius 1 is 0.852 bits per heavy atom. The number of primary amides is 1. The third-order valence-electron chi connectivity index (χ3n) is 4.48. The molecule has 6 nitrogen and oxygen atoms in total. The minimum atomic E-state index is -0.577. The summed E-state index contributed by atoms with van der Waals surface area (Å²) in [4.78, 5) is 37.2. The Morgan fingerprint density at radius 3 is 2.19 bits per heavy atom. The summed E-state index contributed by atoms with van der Waals surface area (Å²) in [6.45, 7) is 0. The maximum atomic E-state index is 13.0. The summed E-state index contributed by atoms with van der Waals surface area (Å²) in [6.07, 6.45) is 0. The van der Waals surface area contributed by atoms with Gasteiger partial charge < -0.3 is 16.2 Å². The van der Waals surface area contributed by atoms with Gasteiger partial charge in [-0.2, -0.15) is 0 Å². The van der Waals surface area contributed by atoms with Crippen molar-refractivity contribution in [2.45, 2.75) is 0 Å². The first-order chi connectivity index (χ1) is 13.0. The average Bonchev–Trinajstić information content (AvgIpc) is 2.67. The number of hydrogen-bond acceptors (Lipinski definition) is 5. The molecule has 0 atom stereocenters. The van der Waals surface area contributed by atoms with Gasteiger partial charge in [0.15, 0.2) is 11.6 Å². The zero-order chi connectivity index (χ0) is 19.1. The van der Waals surface area contributed by atoms with Gasteiger partial charge in [0.05, 0.1) is 16.8 Å². The summed E-state index contributed by atoms with van der Waals surface area (Å²) in [6, 6.07) is 15.9. The average molecular weight is 358 g/mol. The molecule has 4 rings (SSSR count). The van der Waals surface area contributed by atoms with E-state index in [0.29, 0.717) is 16.9 Å². The van der Waals surface area contributed by atoms with Crippen LogP contribution in [0.3, 0.4) is 0 Å². The van der Waals surface area contributed by atoms with Crippen LogP contribution in [0.4, 0.5) is 11.4 Å².